The third-order valence-corrected chi connectivity index (χ3v) is 3.94. The van der Waals surface area contributed by atoms with Crippen molar-refractivity contribution < 1.29 is 18.7 Å². The highest BCUT2D eigenvalue weighted by atomic mass is 16.5. The molecular formula is C18H17N3O5. The number of carbonyl (C=O) groups excluding carboxylic acids is 2. The Hall–Kier alpha value is -3.42. The summed E-state index contributed by atoms with van der Waals surface area (Å²) in [4.78, 5) is 36.1. The zero-order valence-electron chi connectivity index (χ0n) is 14.5. The lowest BCUT2D eigenvalue weighted by Gasteiger charge is -2.07. The van der Waals surface area contributed by atoms with E-state index in [0.717, 1.165) is 11.8 Å². The van der Waals surface area contributed by atoms with Crippen molar-refractivity contribution in [3.8, 4) is 0 Å². The van der Waals surface area contributed by atoms with Gasteiger partial charge in [-0.3, -0.25) is 14.3 Å². The van der Waals surface area contributed by atoms with Crippen molar-refractivity contribution in [2.75, 3.05) is 11.9 Å². The van der Waals surface area contributed by atoms with Gasteiger partial charge in [0, 0.05) is 13.1 Å². The molecule has 0 aliphatic heterocycles. The van der Waals surface area contributed by atoms with Gasteiger partial charge in [0.05, 0.1) is 22.5 Å². The van der Waals surface area contributed by atoms with E-state index in [-0.39, 0.29) is 16.8 Å². The Balaban J connectivity index is 1.69. The number of hydrogen-bond acceptors (Lipinski definition) is 6. The fraction of sp³-hybridized carbons (Fsp3) is 0.222. The second-order valence-electron chi connectivity index (χ2n) is 5.76. The molecule has 2 heterocycles. The molecule has 0 saturated heterocycles. The zero-order valence-corrected chi connectivity index (χ0v) is 14.5. The number of benzene rings is 1. The Morgan fingerprint density at radius 1 is 1.27 bits per heavy atom. The van der Waals surface area contributed by atoms with Crippen LogP contribution in [0.25, 0.3) is 11.0 Å². The lowest BCUT2D eigenvalue weighted by Crippen LogP contribution is -2.22. The quantitative estimate of drug-likeness (QED) is 0.717. The van der Waals surface area contributed by atoms with Crippen LogP contribution < -0.4 is 10.7 Å². The van der Waals surface area contributed by atoms with Crippen LogP contribution in [0.3, 0.4) is 0 Å². The van der Waals surface area contributed by atoms with Gasteiger partial charge in [0.25, 0.3) is 5.91 Å². The van der Waals surface area contributed by atoms with Gasteiger partial charge in [-0.2, -0.15) is 5.10 Å². The Morgan fingerprint density at radius 3 is 2.69 bits per heavy atom. The molecule has 0 fully saturated rings. The van der Waals surface area contributed by atoms with E-state index in [2.05, 4.69) is 10.4 Å². The molecule has 1 N–H and O–H groups in total. The van der Waals surface area contributed by atoms with Gasteiger partial charge in [0.2, 0.25) is 5.76 Å². The minimum absolute atomic E-state index is 0.254. The van der Waals surface area contributed by atoms with Crippen LogP contribution in [0.2, 0.25) is 0 Å². The molecule has 1 aromatic carbocycles. The Bertz CT molecular complexity index is 1060. The molecule has 0 bridgehead atoms. The molecular weight excluding hydrogens is 338 g/mol. The highest BCUT2D eigenvalue weighted by Gasteiger charge is 2.17. The number of hydrogen-bond donors (Lipinski definition) is 1. The molecule has 0 spiro atoms. The van der Waals surface area contributed by atoms with Gasteiger partial charge in [-0.25, -0.2) is 4.79 Å². The Labute approximate surface area is 148 Å². The lowest BCUT2D eigenvalue weighted by molar-refractivity contribution is -0.119. The number of rotatable bonds is 4. The molecule has 0 unspecified atom stereocenters. The van der Waals surface area contributed by atoms with Crippen molar-refractivity contribution in [3.63, 3.8) is 0 Å². The van der Waals surface area contributed by atoms with Crippen LogP contribution in [-0.2, 0) is 16.6 Å². The number of anilines is 1. The number of nitrogens with zero attached hydrogens (tertiary/aromatic N) is 2. The number of amides is 1. The number of aryl methyl sites for hydroxylation is 2. The predicted molar refractivity (Wildman–Crippen MR) is 94.1 cm³/mol. The van der Waals surface area contributed by atoms with Gasteiger partial charge in [0.15, 0.2) is 12.0 Å². The Kier molecular flexibility index (Phi) is 4.57. The molecule has 134 valence electrons. The molecule has 0 aliphatic carbocycles. The molecule has 1 amide bonds. The van der Waals surface area contributed by atoms with Crippen molar-refractivity contribution in [3.05, 3.63) is 57.7 Å². The van der Waals surface area contributed by atoms with Gasteiger partial charge in [-0.15, -0.1) is 0 Å². The standard InChI is InChI=1S/C18H17N3O5/c1-10-17(11(2)21(3)20-10)19-16(23)9-25-18(24)15-8-13(22)12-6-4-5-7-14(12)26-15/h4-8H,9H2,1-3H3,(H,19,23). The highest BCUT2D eigenvalue weighted by molar-refractivity contribution is 5.95. The minimum Gasteiger partial charge on any atom is -0.450 e. The summed E-state index contributed by atoms with van der Waals surface area (Å²) in [6.45, 7) is 3.06. The molecule has 26 heavy (non-hydrogen) atoms. The summed E-state index contributed by atoms with van der Waals surface area (Å²) >= 11 is 0. The average molecular weight is 355 g/mol. The SMILES string of the molecule is Cc1nn(C)c(C)c1NC(=O)COC(=O)c1cc(=O)c2ccccc2o1. The third-order valence-electron chi connectivity index (χ3n) is 3.94. The van der Waals surface area contributed by atoms with E-state index in [4.69, 9.17) is 9.15 Å². The summed E-state index contributed by atoms with van der Waals surface area (Å²) in [7, 11) is 1.76. The smallest absolute Gasteiger partial charge is 0.374 e. The molecule has 8 heteroatoms. The van der Waals surface area contributed by atoms with Crippen molar-refractivity contribution in [2.45, 2.75) is 13.8 Å². The van der Waals surface area contributed by atoms with Crippen molar-refractivity contribution in [1.29, 1.82) is 0 Å². The second-order valence-corrected chi connectivity index (χ2v) is 5.76. The van der Waals surface area contributed by atoms with Crippen LogP contribution in [0.5, 0.6) is 0 Å². The van der Waals surface area contributed by atoms with Crippen LogP contribution in [-0.4, -0.2) is 28.3 Å². The largest absolute Gasteiger partial charge is 0.450 e. The molecule has 0 atom stereocenters. The van der Waals surface area contributed by atoms with Crippen LogP contribution in [0.15, 0.2) is 39.5 Å². The summed E-state index contributed by atoms with van der Waals surface area (Å²) in [5, 5.41) is 7.21. The van der Waals surface area contributed by atoms with Gasteiger partial charge < -0.3 is 14.5 Å². The number of ether oxygens (including phenoxy) is 1. The second kappa shape index (κ2) is 6.83. The molecule has 2 aromatic heterocycles. The minimum atomic E-state index is -0.886. The van der Waals surface area contributed by atoms with E-state index in [1.54, 1.807) is 42.9 Å². The third kappa shape index (κ3) is 3.34. The number of fused-ring (bicyclic) bond motifs is 1. The van der Waals surface area contributed by atoms with E-state index in [9.17, 15) is 14.4 Å². The highest BCUT2D eigenvalue weighted by Crippen LogP contribution is 2.18. The monoisotopic (exact) mass is 355 g/mol. The number of esters is 1. The molecule has 0 radical (unpaired) electrons. The fourth-order valence-electron chi connectivity index (χ4n) is 2.54. The molecule has 0 saturated carbocycles. The first kappa shape index (κ1) is 17.4. The van der Waals surface area contributed by atoms with Crippen molar-refractivity contribution >= 4 is 28.5 Å². The van der Waals surface area contributed by atoms with Crippen LogP contribution in [0.4, 0.5) is 5.69 Å². The number of carbonyl (C=O) groups is 2. The summed E-state index contributed by atoms with van der Waals surface area (Å²) in [6, 6.07) is 7.62. The van der Waals surface area contributed by atoms with Gasteiger partial charge in [-0.1, -0.05) is 12.1 Å². The van der Waals surface area contributed by atoms with Crippen LogP contribution in [0.1, 0.15) is 21.9 Å². The Morgan fingerprint density at radius 2 is 2.00 bits per heavy atom. The van der Waals surface area contributed by atoms with E-state index in [0.29, 0.717) is 16.8 Å². The maximum Gasteiger partial charge on any atom is 0.374 e. The van der Waals surface area contributed by atoms with E-state index in [1.165, 1.54) is 0 Å². The van der Waals surface area contributed by atoms with E-state index < -0.39 is 18.5 Å². The van der Waals surface area contributed by atoms with Crippen molar-refractivity contribution in [2.24, 2.45) is 7.05 Å². The van der Waals surface area contributed by atoms with Crippen LogP contribution in [0, 0.1) is 13.8 Å². The maximum atomic E-state index is 12.1. The van der Waals surface area contributed by atoms with E-state index in [1.807, 2.05) is 6.92 Å². The topological polar surface area (TPSA) is 103 Å². The average Bonchev–Trinajstić information content (AvgIpc) is 2.86. The predicted octanol–water partition coefficient (Wildman–Crippen LogP) is 1.94. The molecule has 8 nitrogen and oxygen atoms in total. The lowest BCUT2D eigenvalue weighted by atomic mass is 10.2. The summed E-state index contributed by atoms with van der Waals surface area (Å²) < 4.78 is 12.0. The summed E-state index contributed by atoms with van der Waals surface area (Å²) in [5.41, 5.74) is 1.93. The number of nitrogens with one attached hydrogen (secondary N) is 1. The first-order chi connectivity index (χ1) is 12.4. The molecule has 3 aromatic rings. The number of para-hydroxylation sites is 1. The van der Waals surface area contributed by atoms with Gasteiger partial charge >= 0.3 is 5.97 Å². The zero-order chi connectivity index (χ0) is 18.8. The van der Waals surface area contributed by atoms with E-state index >= 15 is 0 Å². The fourth-order valence-corrected chi connectivity index (χ4v) is 2.54. The first-order valence-corrected chi connectivity index (χ1v) is 7.87. The summed E-state index contributed by atoms with van der Waals surface area (Å²) in [6.07, 6.45) is 0. The molecule has 3 rings (SSSR count). The summed E-state index contributed by atoms with van der Waals surface area (Å²) in [5.74, 6) is -1.65. The van der Waals surface area contributed by atoms with Gasteiger partial charge in [0.1, 0.15) is 5.58 Å². The maximum absolute atomic E-state index is 12.1. The number of aromatic nitrogens is 2. The van der Waals surface area contributed by atoms with Gasteiger partial charge in [-0.05, 0) is 26.0 Å². The first-order valence-electron chi connectivity index (χ1n) is 7.87. The van der Waals surface area contributed by atoms with Crippen LogP contribution >= 0.6 is 0 Å². The molecule has 0 aliphatic rings. The normalized spacial score (nSPS) is 10.7. The van der Waals surface area contributed by atoms with Crippen molar-refractivity contribution in [1.82, 2.24) is 9.78 Å².